The van der Waals surface area contributed by atoms with Crippen molar-refractivity contribution in [1.82, 2.24) is 15.4 Å². The Morgan fingerprint density at radius 3 is 2.57 bits per heavy atom. The molecular formula is C14H12IN3O3. The average molecular weight is 397 g/mol. The molecule has 0 amide bonds. The number of ether oxygens (including phenoxy) is 1. The topological polar surface area (TPSA) is 77.1 Å². The number of benzene rings is 1. The van der Waals surface area contributed by atoms with Gasteiger partial charge in [-0.1, -0.05) is 17.3 Å². The van der Waals surface area contributed by atoms with E-state index >= 15 is 0 Å². The van der Waals surface area contributed by atoms with Crippen molar-refractivity contribution in [1.29, 1.82) is 0 Å². The smallest absolute Gasteiger partial charge is 0.374 e. The molecule has 1 N–H and O–H groups in total. The second kappa shape index (κ2) is 4.69. The van der Waals surface area contributed by atoms with Gasteiger partial charge in [0.15, 0.2) is 23.0 Å². The highest BCUT2D eigenvalue weighted by Crippen LogP contribution is 2.65. The molecule has 1 aromatic heterocycles. The van der Waals surface area contributed by atoms with Crippen LogP contribution in [0.2, 0.25) is 0 Å². The Labute approximate surface area is 134 Å². The molecule has 0 radical (unpaired) electrons. The van der Waals surface area contributed by atoms with Gasteiger partial charge in [0, 0.05) is 0 Å². The minimum Gasteiger partial charge on any atom is -0.437 e. The fourth-order valence-electron chi connectivity index (χ4n) is 3.29. The lowest BCUT2D eigenvalue weighted by Gasteiger charge is -2.62. The second-order valence-corrected chi connectivity index (χ2v) is 6.18. The largest absolute Gasteiger partial charge is 0.437 e. The summed E-state index contributed by atoms with van der Waals surface area (Å²) < 4.78 is 10.2. The molecule has 1 heterocycles. The van der Waals surface area contributed by atoms with Gasteiger partial charge in [-0.2, -0.15) is 0 Å². The van der Waals surface area contributed by atoms with E-state index in [0.29, 0.717) is 11.2 Å². The molecule has 6 nitrogen and oxygen atoms in total. The van der Waals surface area contributed by atoms with Crippen LogP contribution < -0.4 is 4.74 Å². The van der Waals surface area contributed by atoms with E-state index in [1.54, 1.807) is 0 Å². The third-order valence-corrected chi connectivity index (χ3v) is 4.90. The quantitative estimate of drug-likeness (QED) is 0.803. The lowest BCUT2D eigenvalue weighted by molar-refractivity contribution is -0.0274. The summed E-state index contributed by atoms with van der Waals surface area (Å²) in [6.45, 7) is 0. The number of carbonyl (C=O) groups excluding carboxylic acids is 1. The van der Waals surface area contributed by atoms with Crippen molar-refractivity contribution < 1.29 is 12.6 Å². The number of halogens is 1. The molecule has 3 aliphatic carbocycles. The molecule has 0 spiro atoms. The maximum atomic E-state index is 11.5. The van der Waals surface area contributed by atoms with Gasteiger partial charge in [-0.05, 0) is 48.3 Å². The van der Waals surface area contributed by atoms with E-state index in [0.717, 1.165) is 5.92 Å². The van der Waals surface area contributed by atoms with Gasteiger partial charge in [0.1, 0.15) is 5.75 Å². The molecule has 5 rings (SSSR count). The van der Waals surface area contributed by atoms with Crippen LogP contribution in [-0.4, -0.2) is 21.4 Å². The zero-order valence-corrected chi connectivity index (χ0v) is 13.2. The molecule has 0 aliphatic heterocycles. The fraction of sp³-hybridized carbons (Fsp3) is 0.357. The Morgan fingerprint density at radius 2 is 2.00 bits per heavy atom. The van der Waals surface area contributed by atoms with Gasteiger partial charge in [0.25, 0.3) is 5.88 Å². The van der Waals surface area contributed by atoms with Gasteiger partial charge in [-0.3, -0.25) is 0 Å². The molecule has 0 saturated heterocycles. The van der Waals surface area contributed by atoms with E-state index in [1.165, 1.54) is 47.8 Å². The first-order chi connectivity index (χ1) is 10.2. The van der Waals surface area contributed by atoms with Crippen molar-refractivity contribution in [2.45, 2.75) is 24.7 Å². The number of aromatic nitrogens is 3. The second-order valence-electron chi connectivity index (χ2n) is 5.74. The van der Waals surface area contributed by atoms with Crippen LogP contribution in [0.4, 0.5) is 0 Å². The van der Waals surface area contributed by atoms with E-state index in [1.807, 2.05) is 12.1 Å². The molecule has 0 unspecified atom stereocenters. The van der Waals surface area contributed by atoms with E-state index in [9.17, 15) is 4.79 Å². The van der Waals surface area contributed by atoms with Gasteiger partial charge < -0.3 is 7.80 Å². The Bertz CT molecular complexity index is 681. The Hall–Kier alpha value is -1.64. The molecule has 2 aromatic rings. The standard InChI is InChI=1S/C14H12IN3O3/c15-21-13(19)11-12(17-18-16-11)20-10-3-1-9(2-4-10)14-5-8(6-14)7-14/h1-4,8H,5-7H2,(H,16,17,18). The molecule has 1 aromatic carbocycles. The van der Waals surface area contributed by atoms with Crippen LogP contribution in [0.15, 0.2) is 24.3 Å². The van der Waals surface area contributed by atoms with Gasteiger partial charge in [-0.15, -0.1) is 5.10 Å². The molecule has 3 aliphatic rings. The third-order valence-electron chi connectivity index (χ3n) is 4.50. The minimum absolute atomic E-state index is 0.0351. The molecule has 7 heteroatoms. The summed E-state index contributed by atoms with van der Waals surface area (Å²) in [4.78, 5) is 11.5. The zero-order chi connectivity index (χ0) is 14.4. The summed E-state index contributed by atoms with van der Waals surface area (Å²) in [5.74, 6) is 1.19. The van der Waals surface area contributed by atoms with Crippen LogP contribution in [0.25, 0.3) is 0 Å². The fourth-order valence-corrected chi connectivity index (χ4v) is 3.49. The first-order valence-electron chi connectivity index (χ1n) is 6.72. The van der Waals surface area contributed by atoms with Crippen molar-refractivity contribution in [2.24, 2.45) is 5.92 Å². The maximum absolute atomic E-state index is 11.5. The number of nitrogens with zero attached hydrogens (tertiary/aromatic N) is 2. The molecule has 0 atom stereocenters. The molecular weight excluding hydrogens is 385 g/mol. The number of hydrogen-bond acceptors (Lipinski definition) is 5. The monoisotopic (exact) mass is 397 g/mol. The third kappa shape index (κ3) is 2.02. The zero-order valence-electron chi connectivity index (χ0n) is 11.0. The molecule has 2 bridgehead atoms. The summed E-state index contributed by atoms with van der Waals surface area (Å²) >= 11 is 1.50. The van der Waals surface area contributed by atoms with Gasteiger partial charge in [-0.25, -0.2) is 9.89 Å². The summed E-state index contributed by atoms with van der Waals surface area (Å²) in [6.07, 6.45) is 3.97. The van der Waals surface area contributed by atoms with Crippen molar-refractivity contribution in [2.75, 3.05) is 0 Å². The summed E-state index contributed by atoms with van der Waals surface area (Å²) in [7, 11) is 0. The number of H-pyrrole nitrogens is 1. The van der Waals surface area contributed by atoms with Crippen molar-refractivity contribution in [3.8, 4) is 11.6 Å². The first kappa shape index (κ1) is 13.1. The molecule has 21 heavy (non-hydrogen) atoms. The van der Waals surface area contributed by atoms with Crippen LogP contribution in [-0.2, 0) is 8.48 Å². The van der Waals surface area contributed by atoms with E-state index in [4.69, 9.17) is 4.74 Å². The number of hydrogen-bond donors (Lipinski definition) is 1. The van der Waals surface area contributed by atoms with E-state index < -0.39 is 5.97 Å². The number of aromatic amines is 1. The van der Waals surface area contributed by atoms with Crippen LogP contribution in [0.5, 0.6) is 11.6 Å². The van der Waals surface area contributed by atoms with E-state index in [2.05, 4.69) is 30.6 Å². The normalized spacial score (nSPS) is 25.7. The number of rotatable bonds is 4. The lowest BCUT2D eigenvalue weighted by atomic mass is 9.42. The van der Waals surface area contributed by atoms with Crippen LogP contribution >= 0.6 is 23.0 Å². The van der Waals surface area contributed by atoms with Crippen LogP contribution in [0.1, 0.15) is 35.3 Å². The van der Waals surface area contributed by atoms with Crippen molar-refractivity contribution in [3.05, 3.63) is 35.5 Å². The van der Waals surface area contributed by atoms with Gasteiger partial charge >= 0.3 is 5.97 Å². The Morgan fingerprint density at radius 1 is 1.29 bits per heavy atom. The summed E-state index contributed by atoms with van der Waals surface area (Å²) in [5, 5.41) is 9.78. The lowest BCUT2D eigenvalue weighted by Crippen LogP contribution is -2.55. The van der Waals surface area contributed by atoms with Crippen molar-refractivity contribution >= 4 is 29.0 Å². The molecule has 108 valence electrons. The highest BCUT2D eigenvalue weighted by atomic mass is 127. The van der Waals surface area contributed by atoms with Crippen LogP contribution in [0, 0.1) is 5.92 Å². The molecule has 3 fully saturated rings. The predicted octanol–water partition coefficient (Wildman–Crippen LogP) is 3.16. The minimum atomic E-state index is -0.593. The molecule has 3 saturated carbocycles. The summed E-state index contributed by atoms with van der Waals surface area (Å²) in [5.41, 5.74) is 1.86. The first-order valence-corrected chi connectivity index (χ1v) is 7.61. The SMILES string of the molecule is O=C(OI)c1nn[nH]c1Oc1ccc(C23CC(C2)C3)cc1. The Balaban J connectivity index is 1.52. The highest BCUT2D eigenvalue weighted by molar-refractivity contribution is 14.1. The highest BCUT2D eigenvalue weighted by Gasteiger charge is 2.57. The van der Waals surface area contributed by atoms with Gasteiger partial charge in [0.2, 0.25) is 5.69 Å². The van der Waals surface area contributed by atoms with Crippen LogP contribution in [0.3, 0.4) is 0 Å². The average Bonchev–Trinajstić information content (AvgIpc) is 2.85. The number of carbonyl (C=O) groups is 1. The number of nitrogens with one attached hydrogen (secondary N) is 1. The van der Waals surface area contributed by atoms with Crippen molar-refractivity contribution in [3.63, 3.8) is 0 Å². The Kier molecular flexibility index (Phi) is 2.91. The predicted molar refractivity (Wildman–Crippen MR) is 81.4 cm³/mol. The summed E-state index contributed by atoms with van der Waals surface area (Å²) in [6, 6.07) is 8.03. The maximum Gasteiger partial charge on any atom is 0.374 e. The van der Waals surface area contributed by atoms with E-state index in [-0.39, 0.29) is 11.6 Å². The van der Waals surface area contributed by atoms with Gasteiger partial charge in [0.05, 0.1) is 0 Å².